The van der Waals surface area contributed by atoms with Crippen LogP contribution in [0.5, 0.6) is 0 Å². The van der Waals surface area contributed by atoms with E-state index in [0.29, 0.717) is 0 Å². The Balaban J connectivity index is 1.67. The SMILES string of the molecule is CO[Si](C)(C)O[Si](C)(C)O[Si](C)(C)O[Si]1(C)O[Si]2(C)O[Si]3(C)O[Si]4(C)O[Si](C)(OC)O[Si]5(C)O[Si]3(C)O[Si](C)(O1)O[Si](C)(O5)[Si](C)(O4)O2. The molecule has 6 aliphatic heterocycles. The second-order valence-corrected chi connectivity index (χ2v) is 65.4. The van der Waals surface area contributed by atoms with Crippen molar-refractivity contribution in [1.29, 1.82) is 0 Å². The lowest BCUT2D eigenvalue weighted by molar-refractivity contribution is 0.109. The highest BCUT2D eigenvalue weighted by molar-refractivity contribution is 7.41. The molecule has 6 aliphatic rings. The molecule has 0 aromatic heterocycles. The van der Waals surface area contributed by atoms with Gasteiger partial charge >= 0.3 is 111 Å². The van der Waals surface area contributed by atoms with Gasteiger partial charge < -0.3 is 70.6 Å². The smallest absolute Gasteiger partial charge is 0.416 e. The second-order valence-electron chi connectivity index (χ2n) is 15.1. The molecule has 4 atom stereocenters. The molecule has 6 heterocycles. The maximum atomic E-state index is 7.22. The summed E-state index contributed by atoms with van der Waals surface area (Å²) in [7, 11) is -42.4. The first kappa shape index (κ1) is 41.3. The van der Waals surface area contributed by atoms with Crippen molar-refractivity contribution >= 4 is 111 Å². The van der Waals surface area contributed by atoms with E-state index in [1.807, 2.05) is 91.7 Å². The first-order chi connectivity index (χ1) is 21.2. The van der Waals surface area contributed by atoms with Crippen LogP contribution in [0.1, 0.15) is 0 Å². The largest absolute Gasteiger partial charge is 0.482 e. The van der Waals surface area contributed by atoms with Crippen LogP contribution < -0.4 is 0 Å². The first-order valence-corrected chi connectivity index (χ1v) is 48.9. The molecule has 0 aromatic rings. The van der Waals surface area contributed by atoms with Gasteiger partial charge in [0, 0.05) is 53.5 Å². The van der Waals surface area contributed by atoms with E-state index in [1.165, 1.54) is 7.11 Å². The van der Waals surface area contributed by atoms with E-state index in [9.17, 15) is 0 Å². The van der Waals surface area contributed by atoms with Gasteiger partial charge in [-0.1, -0.05) is 0 Å². The van der Waals surface area contributed by atoms with Gasteiger partial charge in [-0.05, 0) is 65.5 Å². The number of hydrogen-bond acceptors (Lipinski definition) is 17. The molecule has 0 aromatic carbocycles. The Morgan fingerprint density at radius 1 is 0.354 bits per heavy atom. The minimum Gasteiger partial charge on any atom is -0.416 e. The lowest BCUT2D eigenvalue weighted by Crippen LogP contribution is -2.87. The van der Waals surface area contributed by atoms with Crippen LogP contribution in [0.2, 0.25) is 105 Å². The molecular formula is C18H54O17Si13. The summed E-state index contributed by atoms with van der Waals surface area (Å²) in [5, 5.41) is 0. The van der Waals surface area contributed by atoms with Crippen molar-refractivity contribution in [3.05, 3.63) is 0 Å². The molecule has 8 bridgehead atoms. The summed E-state index contributed by atoms with van der Waals surface area (Å²) in [6.07, 6.45) is 0. The van der Waals surface area contributed by atoms with E-state index < -0.39 is 111 Å². The zero-order chi connectivity index (χ0) is 36.5. The second kappa shape index (κ2) is 12.1. The quantitative estimate of drug-likeness (QED) is 0.326. The maximum absolute atomic E-state index is 7.22. The van der Waals surface area contributed by atoms with Crippen LogP contribution in [-0.4, -0.2) is 125 Å². The maximum Gasteiger partial charge on any atom is 0.482 e. The minimum absolute atomic E-state index is 1.54. The number of fused-ring (bicyclic) bond motifs is 4. The standard InChI is InChI=1S/C18H54O17Si13/c1-19-36(3,4)21-37(5,6)22-38(7,8)23-40(10)26-43(13)32-45(15)28-41(11)24-39(9,20-2)25-42(12)30-47(45,17)34-44(14,27-40)35-48(18,31-42)46(16,29-41)33-43/h1-18H3. The van der Waals surface area contributed by atoms with Crippen LogP contribution in [0.25, 0.3) is 0 Å². The van der Waals surface area contributed by atoms with Crippen molar-refractivity contribution in [2.75, 3.05) is 14.2 Å². The van der Waals surface area contributed by atoms with Crippen LogP contribution in [-0.2, 0) is 70.6 Å². The fourth-order valence-corrected chi connectivity index (χ4v) is 99.1. The molecule has 0 N–H and O–H groups in total. The summed E-state index contributed by atoms with van der Waals surface area (Å²) in [5.41, 5.74) is 0. The van der Waals surface area contributed by atoms with Crippen molar-refractivity contribution in [3.8, 4) is 0 Å². The van der Waals surface area contributed by atoms with Crippen molar-refractivity contribution in [2.45, 2.75) is 105 Å². The Morgan fingerprint density at radius 2 is 0.625 bits per heavy atom. The zero-order valence-corrected chi connectivity index (χ0v) is 44.4. The summed E-state index contributed by atoms with van der Waals surface area (Å²) in [4.78, 5) is 0. The van der Waals surface area contributed by atoms with Crippen molar-refractivity contribution in [3.63, 3.8) is 0 Å². The highest BCUT2D eigenvalue weighted by Crippen LogP contribution is 2.51. The molecule has 6 rings (SSSR count). The first-order valence-electron chi connectivity index (χ1n) is 15.8. The van der Waals surface area contributed by atoms with Crippen molar-refractivity contribution in [2.24, 2.45) is 0 Å². The third-order valence-corrected chi connectivity index (χ3v) is 78.2. The Labute approximate surface area is 298 Å². The molecule has 6 fully saturated rings. The average Bonchev–Trinajstić information content (AvgIpc) is 2.81. The van der Waals surface area contributed by atoms with Gasteiger partial charge in [-0.15, -0.1) is 0 Å². The molecule has 0 spiro atoms. The fraction of sp³-hybridized carbons (Fsp3) is 1.00. The lowest BCUT2D eigenvalue weighted by Gasteiger charge is -2.58. The Morgan fingerprint density at radius 3 is 0.896 bits per heavy atom. The Bertz CT molecular complexity index is 1200. The summed E-state index contributed by atoms with van der Waals surface area (Å²) in [5.74, 6) is 0. The predicted molar refractivity (Wildman–Crippen MR) is 199 cm³/mol. The van der Waals surface area contributed by atoms with E-state index in [1.54, 1.807) is 20.2 Å². The Kier molecular flexibility index (Phi) is 10.4. The van der Waals surface area contributed by atoms with E-state index in [0.717, 1.165) is 0 Å². The number of hydrogen-bond donors (Lipinski definition) is 0. The average molecular weight is 908 g/mol. The highest BCUT2D eigenvalue weighted by Gasteiger charge is 2.83. The molecule has 280 valence electrons. The van der Waals surface area contributed by atoms with Gasteiger partial charge in [-0.25, -0.2) is 0 Å². The summed E-state index contributed by atoms with van der Waals surface area (Å²) in [6.45, 7) is 30.2. The topological polar surface area (TPSA) is 157 Å². The lowest BCUT2D eigenvalue weighted by atomic mass is 11.8. The van der Waals surface area contributed by atoms with Gasteiger partial charge in [0.25, 0.3) is 0 Å². The summed E-state index contributed by atoms with van der Waals surface area (Å²) >= 11 is 0. The molecule has 4 unspecified atom stereocenters. The third-order valence-electron chi connectivity index (χ3n) is 8.45. The van der Waals surface area contributed by atoms with Crippen LogP contribution in [0.4, 0.5) is 0 Å². The molecule has 0 saturated carbocycles. The molecular weight excluding hydrogens is 853 g/mol. The molecule has 30 heteroatoms. The third kappa shape index (κ3) is 7.93. The van der Waals surface area contributed by atoms with Crippen LogP contribution in [0.15, 0.2) is 0 Å². The molecule has 48 heavy (non-hydrogen) atoms. The van der Waals surface area contributed by atoms with Gasteiger partial charge in [-0.2, -0.15) is 0 Å². The minimum atomic E-state index is -3.85. The van der Waals surface area contributed by atoms with Gasteiger partial charge in [0.15, 0.2) is 0 Å². The van der Waals surface area contributed by atoms with Gasteiger partial charge in [0.05, 0.1) is 0 Å². The molecule has 17 nitrogen and oxygen atoms in total. The van der Waals surface area contributed by atoms with E-state index in [4.69, 9.17) is 70.6 Å². The van der Waals surface area contributed by atoms with Crippen molar-refractivity contribution < 1.29 is 70.6 Å². The highest BCUT2D eigenvalue weighted by atomic mass is 29.3. The Hall–Kier alpha value is 2.14. The van der Waals surface area contributed by atoms with E-state index in [2.05, 4.69) is 0 Å². The van der Waals surface area contributed by atoms with Gasteiger partial charge in [0.2, 0.25) is 0 Å². The zero-order valence-electron chi connectivity index (χ0n) is 31.4. The molecule has 0 radical (unpaired) electrons. The van der Waals surface area contributed by atoms with Gasteiger partial charge in [-0.3, -0.25) is 0 Å². The predicted octanol–water partition coefficient (Wildman–Crippen LogP) is 3.56. The molecule has 6 saturated heterocycles. The number of rotatable bonds is 8. The monoisotopic (exact) mass is 906 g/mol. The van der Waals surface area contributed by atoms with E-state index >= 15 is 0 Å². The van der Waals surface area contributed by atoms with Crippen LogP contribution >= 0.6 is 0 Å². The fourth-order valence-electron chi connectivity index (χ4n) is 7.13. The van der Waals surface area contributed by atoms with E-state index in [-0.39, 0.29) is 0 Å². The van der Waals surface area contributed by atoms with Crippen LogP contribution in [0.3, 0.4) is 0 Å². The summed E-state index contributed by atoms with van der Waals surface area (Å²) < 4.78 is 117. The summed E-state index contributed by atoms with van der Waals surface area (Å²) in [6, 6.07) is 0. The van der Waals surface area contributed by atoms with Crippen LogP contribution in [0, 0.1) is 0 Å². The van der Waals surface area contributed by atoms with Gasteiger partial charge in [0.1, 0.15) is 0 Å². The molecule has 0 amide bonds. The normalized spacial score (nSPS) is 51.4. The molecule has 0 aliphatic carbocycles. The van der Waals surface area contributed by atoms with Crippen molar-refractivity contribution in [1.82, 2.24) is 0 Å².